The molecule has 0 saturated carbocycles. The number of halogens is 2. The Morgan fingerprint density at radius 2 is 1.75 bits per heavy atom. The van der Waals surface area contributed by atoms with Gasteiger partial charge < -0.3 is 14.4 Å². The number of benzene rings is 2. The van der Waals surface area contributed by atoms with E-state index in [1.807, 2.05) is 0 Å². The van der Waals surface area contributed by atoms with Crippen LogP contribution in [0.5, 0.6) is 0 Å². The largest absolute Gasteiger partial charge is 0.368 e. The molecule has 130 valence electrons. The maximum atomic E-state index is 13.3. The van der Waals surface area contributed by atoms with Crippen molar-refractivity contribution in [1.29, 1.82) is 0 Å². The minimum atomic E-state index is -3.52. The Labute approximate surface area is 146 Å². The molecule has 0 bridgehead atoms. The van der Waals surface area contributed by atoms with Crippen molar-refractivity contribution in [3.05, 3.63) is 64.9 Å². The van der Waals surface area contributed by atoms with Gasteiger partial charge in [0.15, 0.2) is 5.78 Å². The molecule has 0 aliphatic rings. The number of anilines is 1. The van der Waals surface area contributed by atoms with E-state index in [2.05, 4.69) is 5.32 Å². The number of hydrogen-bond acceptors (Lipinski definition) is 4. The van der Waals surface area contributed by atoms with E-state index in [9.17, 15) is 8.96 Å². The van der Waals surface area contributed by atoms with Crippen LogP contribution in [0.4, 0.5) is 10.1 Å². The van der Waals surface area contributed by atoms with Crippen molar-refractivity contribution in [2.45, 2.75) is 19.6 Å². The second kappa shape index (κ2) is 8.63. The first kappa shape index (κ1) is 18.9. The summed E-state index contributed by atoms with van der Waals surface area (Å²) in [5.74, 6) is -1.15. The Kier molecular flexibility index (Phi) is 6.81. The van der Waals surface area contributed by atoms with E-state index in [4.69, 9.17) is 20.6 Å². The average Bonchev–Trinajstić information content (AvgIpc) is 2.54. The Bertz CT molecular complexity index is 701. The molecule has 1 N–H and O–H groups in total. The predicted molar refractivity (Wildman–Crippen MR) is 95.1 cm³/mol. The molecule has 24 heavy (non-hydrogen) atoms. The van der Waals surface area contributed by atoms with Crippen LogP contribution in [0.2, 0.25) is 5.02 Å². The summed E-state index contributed by atoms with van der Waals surface area (Å²) in [6.45, 7) is 3.94. The third-order valence-corrected chi connectivity index (χ3v) is 5.78. The first-order chi connectivity index (χ1) is 11.5. The minimum Gasteiger partial charge on any atom is -0.368 e. The molecule has 2 aromatic carbocycles. The molecular formula is C17H20ClFNO3P. The molecule has 0 spiro atoms. The Balaban J connectivity index is 2.43. The van der Waals surface area contributed by atoms with Gasteiger partial charge in [0.2, 0.25) is 0 Å². The van der Waals surface area contributed by atoms with Crippen molar-refractivity contribution < 1.29 is 18.0 Å². The monoisotopic (exact) mass is 371 g/mol. The summed E-state index contributed by atoms with van der Waals surface area (Å²) in [7, 11) is -3.52. The summed E-state index contributed by atoms with van der Waals surface area (Å²) in [4.78, 5) is 0. The quantitative estimate of drug-likeness (QED) is 0.591. The summed E-state index contributed by atoms with van der Waals surface area (Å²) in [5.41, 5.74) is 1.26. The highest BCUT2D eigenvalue weighted by molar-refractivity contribution is 7.54. The molecule has 0 heterocycles. The molecule has 0 amide bonds. The molecule has 7 heteroatoms. The second-order valence-corrected chi connectivity index (χ2v) is 7.53. The Morgan fingerprint density at radius 1 is 1.12 bits per heavy atom. The van der Waals surface area contributed by atoms with Gasteiger partial charge in [-0.05, 0) is 49.7 Å². The third kappa shape index (κ3) is 4.81. The summed E-state index contributed by atoms with van der Waals surface area (Å²) in [5, 5.41) is 3.69. The van der Waals surface area contributed by atoms with Gasteiger partial charge in [0, 0.05) is 10.7 Å². The summed E-state index contributed by atoms with van der Waals surface area (Å²) >= 11 is 6.01. The van der Waals surface area contributed by atoms with Gasteiger partial charge in [0.1, 0.15) is 5.82 Å². The molecule has 2 aromatic rings. The maximum Gasteiger partial charge on any atom is 0.357 e. The third-order valence-electron chi connectivity index (χ3n) is 3.25. The molecular weight excluding hydrogens is 352 g/mol. The zero-order chi connectivity index (χ0) is 17.6. The van der Waals surface area contributed by atoms with Crippen LogP contribution in [0.1, 0.15) is 25.2 Å². The molecule has 0 aliphatic heterocycles. The molecule has 1 unspecified atom stereocenters. The van der Waals surface area contributed by atoms with Crippen molar-refractivity contribution in [2.24, 2.45) is 0 Å². The van der Waals surface area contributed by atoms with Gasteiger partial charge in [-0.1, -0.05) is 29.8 Å². The smallest absolute Gasteiger partial charge is 0.357 e. The van der Waals surface area contributed by atoms with E-state index < -0.39 is 13.4 Å². The van der Waals surface area contributed by atoms with E-state index in [-0.39, 0.29) is 19.0 Å². The van der Waals surface area contributed by atoms with Crippen molar-refractivity contribution >= 4 is 24.9 Å². The van der Waals surface area contributed by atoms with Crippen LogP contribution in [-0.2, 0) is 13.6 Å². The number of nitrogens with one attached hydrogen (secondary N) is 1. The first-order valence-electron chi connectivity index (χ1n) is 7.65. The van der Waals surface area contributed by atoms with Crippen molar-refractivity contribution in [3.63, 3.8) is 0 Å². The lowest BCUT2D eigenvalue weighted by Crippen LogP contribution is -2.15. The fraction of sp³-hybridized carbons (Fsp3) is 0.294. The highest BCUT2D eigenvalue weighted by Gasteiger charge is 2.37. The van der Waals surface area contributed by atoms with E-state index in [0.29, 0.717) is 16.3 Å². The summed E-state index contributed by atoms with van der Waals surface area (Å²) in [6, 6.07) is 12.8. The number of rotatable bonds is 8. The van der Waals surface area contributed by atoms with Crippen LogP contribution in [0.25, 0.3) is 0 Å². The molecule has 0 saturated heterocycles. The zero-order valence-corrected chi connectivity index (χ0v) is 15.2. The normalized spacial score (nSPS) is 12.8. The van der Waals surface area contributed by atoms with Gasteiger partial charge in [-0.15, -0.1) is 0 Å². The average molecular weight is 372 g/mol. The van der Waals surface area contributed by atoms with E-state index in [0.717, 1.165) is 0 Å². The molecule has 0 radical (unpaired) electrons. The Morgan fingerprint density at radius 3 is 2.29 bits per heavy atom. The van der Waals surface area contributed by atoms with Crippen LogP contribution in [-0.4, -0.2) is 13.2 Å². The van der Waals surface area contributed by atoms with Gasteiger partial charge >= 0.3 is 7.60 Å². The van der Waals surface area contributed by atoms with Crippen LogP contribution in [0, 0.1) is 5.82 Å². The fourth-order valence-corrected chi connectivity index (χ4v) is 4.40. The molecule has 2 rings (SSSR count). The van der Waals surface area contributed by atoms with Crippen LogP contribution >= 0.6 is 19.2 Å². The number of hydrogen-bond donors (Lipinski definition) is 1. The van der Waals surface area contributed by atoms with Gasteiger partial charge in [0.25, 0.3) is 0 Å². The second-order valence-electron chi connectivity index (χ2n) is 4.98. The van der Waals surface area contributed by atoms with E-state index in [1.165, 1.54) is 12.1 Å². The van der Waals surface area contributed by atoms with Crippen LogP contribution < -0.4 is 5.32 Å². The van der Waals surface area contributed by atoms with E-state index in [1.54, 1.807) is 50.2 Å². The van der Waals surface area contributed by atoms with Crippen molar-refractivity contribution in [3.8, 4) is 0 Å². The van der Waals surface area contributed by atoms with Gasteiger partial charge in [0.05, 0.1) is 13.2 Å². The van der Waals surface area contributed by atoms with Gasteiger partial charge in [-0.3, -0.25) is 4.57 Å². The fourth-order valence-electron chi connectivity index (χ4n) is 2.27. The molecule has 0 aromatic heterocycles. The van der Waals surface area contributed by atoms with Crippen molar-refractivity contribution in [1.82, 2.24) is 0 Å². The molecule has 0 aliphatic carbocycles. The van der Waals surface area contributed by atoms with Gasteiger partial charge in [-0.2, -0.15) is 0 Å². The summed E-state index contributed by atoms with van der Waals surface area (Å²) in [6.07, 6.45) is 0. The highest BCUT2D eigenvalue weighted by Crippen LogP contribution is 2.60. The van der Waals surface area contributed by atoms with Gasteiger partial charge in [-0.25, -0.2) is 4.39 Å². The zero-order valence-electron chi connectivity index (χ0n) is 13.5. The maximum absolute atomic E-state index is 13.3. The minimum absolute atomic E-state index is 0.228. The molecule has 0 fully saturated rings. The van der Waals surface area contributed by atoms with Crippen LogP contribution in [0.15, 0.2) is 48.5 Å². The molecule has 1 atom stereocenters. The van der Waals surface area contributed by atoms with E-state index >= 15 is 0 Å². The lowest BCUT2D eigenvalue weighted by atomic mass is 10.2. The lowest BCUT2D eigenvalue weighted by Gasteiger charge is -2.28. The topological polar surface area (TPSA) is 47.6 Å². The van der Waals surface area contributed by atoms with Crippen LogP contribution in [0.3, 0.4) is 0 Å². The molecule has 4 nitrogen and oxygen atoms in total. The first-order valence-corrected chi connectivity index (χ1v) is 9.64. The Hall–Kier alpha value is -1.39. The lowest BCUT2D eigenvalue weighted by molar-refractivity contribution is 0.214. The highest BCUT2D eigenvalue weighted by atomic mass is 35.5. The predicted octanol–water partition coefficient (Wildman–Crippen LogP) is 5.86. The summed E-state index contributed by atoms with van der Waals surface area (Å²) < 4.78 is 37.4. The van der Waals surface area contributed by atoms with Crippen molar-refractivity contribution in [2.75, 3.05) is 18.5 Å². The SMILES string of the molecule is CCOP(=O)(OCC)C(Nc1cccc(Cl)c1)c1ccc(F)cc1. The standard InChI is InChI=1S/C17H20ClFNO3P/c1-3-22-24(21,23-4-2)17(13-8-10-15(19)11-9-13)20-16-7-5-6-14(18)12-16/h5-12,17,20H,3-4H2,1-2H3.